The van der Waals surface area contributed by atoms with E-state index in [-0.39, 0.29) is 18.5 Å². The summed E-state index contributed by atoms with van der Waals surface area (Å²) in [7, 11) is 0. The largest absolute Gasteiger partial charge is 0.456 e. The summed E-state index contributed by atoms with van der Waals surface area (Å²) in [5.74, 6) is 0. The average molecular weight is 739 g/mol. The molecule has 6 heteroatoms. The van der Waals surface area contributed by atoms with Gasteiger partial charge in [-0.05, 0) is 83.1 Å². The summed E-state index contributed by atoms with van der Waals surface area (Å²) in [4.78, 5) is 0. The molecule has 1 aliphatic carbocycles. The first-order valence-corrected chi connectivity index (χ1v) is 19.8. The summed E-state index contributed by atoms with van der Waals surface area (Å²) in [6, 6.07) is 55.9. The normalized spacial score (nSPS) is 18.3. The second kappa shape index (κ2) is 12.9. The second-order valence-corrected chi connectivity index (χ2v) is 15.2. The summed E-state index contributed by atoms with van der Waals surface area (Å²) in [6.45, 7) is 0. The maximum absolute atomic E-state index is 6.68. The number of nitrogens with one attached hydrogen (secondary N) is 3. The molecule has 0 radical (unpaired) electrons. The van der Waals surface area contributed by atoms with E-state index in [4.69, 9.17) is 8.83 Å². The Balaban J connectivity index is 1.04. The van der Waals surface area contributed by atoms with Gasteiger partial charge >= 0.3 is 0 Å². The van der Waals surface area contributed by atoms with Crippen molar-refractivity contribution in [3.63, 3.8) is 0 Å². The average Bonchev–Trinajstić information content (AvgIpc) is 3.96. The highest BCUT2D eigenvalue weighted by molar-refractivity contribution is 6.17. The standard InChI is InChI=1S/C51H38N4O2/c1-3-14-31(15-4-1)49-52-50(32-16-5-2-6-17-32)54-51(53-49)37-21-12-25-43-46(37)38-30-33(28-29-42(38)56-43)34-20-11-26-44-47(34)48-41(24-13-27-45(48)57-44)55-39-22-9-7-18-35(39)36-19-8-10-23-40(36)55/h1-9,11-22,24-30,49-54H,10,23H2. The van der Waals surface area contributed by atoms with Crippen LogP contribution in [0.4, 0.5) is 0 Å². The lowest BCUT2D eigenvalue weighted by molar-refractivity contribution is 0.204. The summed E-state index contributed by atoms with van der Waals surface area (Å²) < 4.78 is 15.8. The van der Waals surface area contributed by atoms with Crippen molar-refractivity contribution in [2.24, 2.45) is 0 Å². The zero-order chi connectivity index (χ0) is 37.5. The van der Waals surface area contributed by atoms with Crippen LogP contribution < -0.4 is 16.0 Å². The van der Waals surface area contributed by atoms with E-state index in [9.17, 15) is 0 Å². The number of rotatable bonds is 5. The van der Waals surface area contributed by atoms with Crippen LogP contribution in [-0.4, -0.2) is 4.57 Å². The topological polar surface area (TPSA) is 67.3 Å². The van der Waals surface area contributed by atoms with Gasteiger partial charge in [-0.15, -0.1) is 0 Å². The highest BCUT2D eigenvalue weighted by Crippen LogP contribution is 2.44. The van der Waals surface area contributed by atoms with E-state index < -0.39 is 0 Å². The zero-order valence-electron chi connectivity index (χ0n) is 31.1. The Morgan fingerprint density at radius 3 is 1.95 bits per heavy atom. The molecule has 10 aromatic rings. The van der Waals surface area contributed by atoms with Crippen molar-refractivity contribution in [1.29, 1.82) is 0 Å². The van der Waals surface area contributed by atoms with Crippen LogP contribution in [0.5, 0.6) is 0 Å². The highest BCUT2D eigenvalue weighted by atomic mass is 16.3. The summed E-state index contributed by atoms with van der Waals surface area (Å²) in [5, 5.41) is 17.3. The van der Waals surface area contributed by atoms with Crippen LogP contribution in [0.2, 0.25) is 0 Å². The van der Waals surface area contributed by atoms with Gasteiger partial charge in [-0.1, -0.05) is 127 Å². The quantitative estimate of drug-likeness (QED) is 0.164. The molecule has 12 rings (SSSR count). The van der Waals surface area contributed by atoms with Gasteiger partial charge in [0.15, 0.2) is 0 Å². The molecule has 1 fully saturated rings. The van der Waals surface area contributed by atoms with Gasteiger partial charge in [0.05, 0.1) is 35.1 Å². The molecule has 1 saturated heterocycles. The summed E-state index contributed by atoms with van der Waals surface area (Å²) in [5.41, 5.74) is 14.3. The first-order chi connectivity index (χ1) is 28.3. The Morgan fingerprint density at radius 1 is 0.509 bits per heavy atom. The SMILES string of the molecule is C1=Cc2c(n(-c3cccc4oc5cccc(-c6ccc7oc8cccc(C9NC(c%10ccccc%10)NC(c%10ccccc%10)N9)c8c7c6)c5c34)c3ccccc23)CC1. The number of allylic oxidation sites excluding steroid dienone is 1. The van der Waals surface area contributed by atoms with Crippen LogP contribution >= 0.6 is 0 Å². The Morgan fingerprint density at radius 2 is 1.16 bits per heavy atom. The molecule has 3 aromatic heterocycles. The Kier molecular flexibility index (Phi) is 7.38. The van der Waals surface area contributed by atoms with Gasteiger partial charge < -0.3 is 13.4 Å². The van der Waals surface area contributed by atoms with E-state index in [2.05, 4.69) is 190 Å². The van der Waals surface area contributed by atoms with Crippen molar-refractivity contribution in [3.8, 4) is 16.8 Å². The predicted molar refractivity (Wildman–Crippen MR) is 231 cm³/mol. The van der Waals surface area contributed by atoms with E-state index in [0.717, 1.165) is 79.1 Å². The van der Waals surface area contributed by atoms with Gasteiger partial charge in [-0.25, -0.2) is 0 Å². The Bertz CT molecular complexity index is 3140. The molecule has 274 valence electrons. The van der Waals surface area contributed by atoms with E-state index in [0.29, 0.717) is 0 Å². The molecule has 0 amide bonds. The second-order valence-electron chi connectivity index (χ2n) is 15.2. The van der Waals surface area contributed by atoms with Crippen LogP contribution in [0.3, 0.4) is 0 Å². The lowest BCUT2D eigenvalue weighted by atomic mass is 9.95. The van der Waals surface area contributed by atoms with Gasteiger partial charge in [0.1, 0.15) is 22.3 Å². The van der Waals surface area contributed by atoms with Crippen LogP contribution in [0, 0.1) is 0 Å². The van der Waals surface area contributed by atoms with Gasteiger partial charge in [-0.3, -0.25) is 16.0 Å². The summed E-state index contributed by atoms with van der Waals surface area (Å²) in [6.07, 6.45) is 6.29. The smallest absolute Gasteiger partial charge is 0.137 e. The lowest BCUT2D eigenvalue weighted by Crippen LogP contribution is -2.54. The third-order valence-corrected chi connectivity index (χ3v) is 12.0. The minimum absolute atomic E-state index is 0.0770. The van der Waals surface area contributed by atoms with Crippen molar-refractivity contribution < 1.29 is 8.83 Å². The number of para-hydroxylation sites is 1. The molecule has 2 aliphatic rings. The van der Waals surface area contributed by atoms with Crippen LogP contribution in [0.25, 0.3) is 77.7 Å². The third-order valence-electron chi connectivity index (χ3n) is 12.0. The lowest BCUT2D eigenvalue weighted by Gasteiger charge is -2.39. The number of benzene rings is 7. The molecular formula is C51H38N4O2. The fourth-order valence-corrected chi connectivity index (χ4v) is 9.48. The number of aromatic nitrogens is 1. The fraction of sp³-hybridized carbons (Fsp3) is 0.0980. The van der Waals surface area contributed by atoms with Crippen molar-refractivity contribution in [1.82, 2.24) is 20.5 Å². The monoisotopic (exact) mass is 738 g/mol. The maximum atomic E-state index is 6.68. The highest BCUT2D eigenvalue weighted by Gasteiger charge is 2.31. The van der Waals surface area contributed by atoms with Gasteiger partial charge in [0, 0.05) is 32.8 Å². The van der Waals surface area contributed by atoms with Crippen molar-refractivity contribution in [2.45, 2.75) is 31.3 Å². The molecule has 0 spiro atoms. The van der Waals surface area contributed by atoms with Crippen molar-refractivity contribution in [2.75, 3.05) is 0 Å². The minimum Gasteiger partial charge on any atom is -0.456 e. The number of hydrogen-bond acceptors (Lipinski definition) is 5. The Labute approximate surface area is 329 Å². The van der Waals surface area contributed by atoms with E-state index in [1.54, 1.807) is 0 Å². The minimum atomic E-state index is -0.171. The molecule has 2 unspecified atom stereocenters. The third kappa shape index (κ3) is 5.15. The van der Waals surface area contributed by atoms with E-state index in [1.165, 1.54) is 33.3 Å². The van der Waals surface area contributed by atoms with Crippen LogP contribution in [0.15, 0.2) is 173 Å². The number of hydrogen-bond donors (Lipinski definition) is 3. The molecule has 0 saturated carbocycles. The predicted octanol–water partition coefficient (Wildman–Crippen LogP) is 12.2. The van der Waals surface area contributed by atoms with Crippen LogP contribution in [0.1, 0.15) is 52.9 Å². The van der Waals surface area contributed by atoms with Crippen LogP contribution in [-0.2, 0) is 6.42 Å². The van der Waals surface area contributed by atoms with Crippen molar-refractivity contribution >= 4 is 60.9 Å². The number of nitrogens with zero attached hydrogens (tertiary/aromatic N) is 1. The Hall–Kier alpha value is -6.70. The first-order valence-electron chi connectivity index (χ1n) is 19.8. The molecule has 2 atom stereocenters. The maximum Gasteiger partial charge on any atom is 0.137 e. The van der Waals surface area contributed by atoms with Gasteiger partial charge in [-0.2, -0.15) is 0 Å². The zero-order valence-corrected chi connectivity index (χ0v) is 31.1. The number of furan rings is 2. The van der Waals surface area contributed by atoms with Gasteiger partial charge in [0.25, 0.3) is 0 Å². The van der Waals surface area contributed by atoms with Gasteiger partial charge in [0.2, 0.25) is 0 Å². The first kappa shape index (κ1) is 32.5. The molecule has 3 N–H and O–H groups in total. The fourth-order valence-electron chi connectivity index (χ4n) is 9.48. The molecule has 7 aromatic carbocycles. The molecule has 6 nitrogen and oxygen atoms in total. The molecule has 57 heavy (non-hydrogen) atoms. The van der Waals surface area contributed by atoms with E-state index >= 15 is 0 Å². The summed E-state index contributed by atoms with van der Waals surface area (Å²) >= 11 is 0. The molecule has 4 heterocycles. The molecule has 1 aliphatic heterocycles. The van der Waals surface area contributed by atoms with Crippen molar-refractivity contribution in [3.05, 3.63) is 192 Å². The molecule has 0 bridgehead atoms. The van der Waals surface area contributed by atoms with E-state index in [1.807, 2.05) is 0 Å². The molecular weight excluding hydrogens is 701 g/mol. The number of fused-ring (bicyclic) bond motifs is 9.